The van der Waals surface area contributed by atoms with Gasteiger partial charge in [-0.25, -0.2) is 4.79 Å². The largest absolute Gasteiger partial charge is 0.444 e. The second-order valence-corrected chi connectivity index (χ2v) is 7.63. The molecular weight excluding hydrogens is 318 g/mol. The van der Waals surface area contributed by atoms with Crippen molar-refractivity contribution in [2.24, 2.45) is 0 Å². The number of carbonyl (C=O) groups excluding carboxylic acids is 1. The maximum absolute atomic E-state index is 11.8. The molecular formula is C16H24BrNO2. The normalized spacial score (nSPS) is 12.2. The topological polar surface area (TPSA) is 38.3 Å². The van der Waals surface area contributed by atoms with Crippen molar-refractivity contribution in [3.63, 3.8) is 0 Å². The van der Waals surface area contributed by atoms with Crippen molar-refractivity contribution in [1.82, 2.24) is 5.32 Å². The number of amides is 1. The molecule has 4 heteroatoms. The summed E-state index contributed by atoms with van der Waals surface area (Å²) in [5.74, 6) is 0. The summed E-state index contributed by atoms with van der Waals surface area (Å²) in [6, 6.07) is 6.23. The smallest absolute Gasteiger partial charge is 0.408 e. The highest BCUT2D eigenvalue weighted by Gasteiger charge is 2.24. The van der Waals surface area contributed by atoms with E-state index in [9.17, 15) is 4.79 Å². The Kier molecular flexibility index (Phi) is 5.25. The molecule has 3 nitrogen and oxygen atoms in total. The molecule has 1 rings (SSSR count). The fourth-order valence-corrected chi connectivity index (χ4v) is 2.20. The van der Waals surface area contributed by atoms with Crippen molar-refractivity contribution in [3.8, 4) is 0 Å². The molecule has 0 spiro atoms. The maximum Gasteiger partial charge on any atom is 0.408 e. The molecule has 1 aromatic carbocycles. The zero-order chi connectivity index (χ0) is 15.6. The molecule has 0 atom stereocenters. The van der Waals surface area contributed by atoms with Gasteiger partial charge in [0, 0.05) is 10.0 Å². The van der Waals surface area contributed by atoms with E-state index < -0.39 is 5.60 Å². The maximum atomic E-state index is 11.8. The Morgan fingerprint density at radius 1 is 1.25 bits per heavy atom. The van der Waals surface area contributed by atoms with Gasteiger partial charge in [-0.3, -0.25) is 0 Å². The summed E-state index contributed by atoms with van der Waals surface area (Å²) in [6.45, 7) is 11.6. The minimum Gasteiger partial charge on any atom is -0.444 e. The van der Waals surface area contributed by atoms with Crippen LogP contribution in [0.15, 0.2) is 22.7 Å². The molecule has 0 saturated heterocycles. The molecule has 20 heavy (non-hydrogen) atoms. The van der Waals surface area contributed by atoms with E-state index in [0.29, 0.717) is 0 Å². The van der Waals surface area contributed by atoms with E-state index in [4.69, 9.17) is 4.74 Å². The van der Waals surface area contributed by atoms with Crippen LogP contribution in [0.1, 0.15) is 45.7 Å². The second kappa shape index (κ2) is 6.17. The number of hydrogen-bond donors (Lipinski definition) is 1. The Bertz CT molecular complexity index is 490. The molecule has 1 amide bonds. The lowest BCUT2D eigenvalue weighted by Gasteiger charge is -2.29. The molecule has 0 aliphatic rings. The fraction of sp³-hybridized carbons (Fsp3) is 0.562. The lowest BCUT2D eigenvalue weighted by molar-refractivity contribution is 0.0472. The quantitative estimate of drug-likeness (QED) is 0.872. The molecule has 0 saturated carbocycles. The highest BCUT2D eigenvalue weighted by molar-refractivity contribution is 9.10. The third kappa shape index (κ3) is 5.95. The monoisotopic (exact) mass is 341 g/mol. The molecule has 1 aromatic rings. The van der Waals surface area contributed by atoms with E-state index in [1.54, 1.807) is 0 Å². The van der Waals surface area contributed by atoms with Crippen molar-refractivity contribution in [2.45, 2.75) is 59.1 Å². The number of hydrogen-bond acceptors (Lipinski definition) is 2. The first kappa shape index (κ1) is 17.0. The zero-order valence-electron chi connectivity index (χ0n) is 13.1. The van der Waals surface area contributed by atoms with E-state index in [-0.39, 0.29) is 11.6 Å². The molecule has 0 aliphatic carbocycles. The number of benzene rings is 1. The van der Waals surface area contributed by atoms with Crippen LogP contribution in [0.3, 0.4) is 0 Å². The van der Waals surface area contributed by atoms with Crippen molar-refractivity contribution in [2.75, 3.05) is 0 Å². The summed E-state index contributed by atoms with van der Waals surface area (Å²) in [7, 11) is 0. The molecule has 0 unspecified atom stereocenters. The average molecular weight is 342 g/mol. The van der Waals surface area contributed by atoms with Crippen LogP contribution in [-0.4, -0.2) is 17.2 Å². The molecule has 0 radical (unpaired) electrons. The number of aryl methyl sites for hydroxylation is 1. The summed E-state index contributed by atoms with van der Waals surface area (Å²) in [5.41, 5.74) is 1.54. The van der Waals surface area contributed by atoms with Crippen LogP contribution in [0.25, 0.3) is 0 Å². The molecule has 0 heterocycles. The number of halogens is 1. The molecule has 112 valence electrons. The van der Waals surface area contributed by atoms with Gasteiger partial charge >= 0.3 is 6.09 Å². The van der Waals surface area contributed by atoms with E-state index >= 15 is 0 Å². The van der Waals surface area contributed by atoms with Crippen LogP contribution in [0.2, 0.25) is 0 Å². The Balaban J connectivity index is 2.69. The highest BCUT2D eigenvalue weighted by atomic mass is 79.9. The molecule has 0 aromatic heterocycles. The predicted octanol–water partition coefficient (Wildman–Crippen LogP) is 4.60. The highest BCUT2D eigenvalue weighted by Crippen LogP contribution is 2.20. The predicted molar refractivity (Wildman–Crippen MR) is 86.0 cm³/mol. The molecule has 0 fully saturated rings. The van der Waals surface area contributed by atoms with Gasteiger partial charge in [-0.1, -0.05) is 28.1 Å². The van der Waals surface area contributed by atoms with Gasteiger partial charge in [0.25, 0.3) is 0 Å². The number of nitrogens with one attached hydrogen (secondary N) is 1. The third-order valence-corrected chi connectivity index (χ3v) is 3.60. The van der Waals surface area contributed by atoms with Gasteiger partial charge in [0.2, 0.25) is 0 Å². The first-order chi connectivity index (χ1) is 8.98. The first-order valence-electron chi connectivity index (χ1n) is 6.75. The average Bonchev–Trinajstić information content (AvgIpc) is 2.18. The SMILES string of the molecule is Cc1cc(CC(C)(C)NC(=O)OC(C)(C)C)ccc1Br. The van der Waals surface area contributed by atoms with E-state index in [2.05, 4.69) is 40.3 Å². The third-order valence-electron chi connectivity index (χ3n) is 2.71. The van der Waals surface area contributed by atoms with Gasteiger partial charge in [-0.15, -0.1) is 0 Å². The van der Waals surface area contributed by atoms with Crippen LogP contribution in [0.5, 0.6) is 0 Å². The van der Waals surface area contributed by atoms with Gasteiger partial charge in [-0.2, -0.15) is 0 Å². The van der Waals surface area contributed by atoms with E-state index in [1.165, 1.54) is 11.1 Å². The van der Waals surface area contributed by atoms with Crippen LogP contribution in [-0.2, 0) is 11.2 Å². The van der Waals surface area contributed by atoms with Gasteiger partial charge in [-0.05, 0) is 65.2 Å². The van der Waals surface area contributed by atoms with Crippen LogP contribution >= 0.6 is 15.9 Å². The Morgan fingerprint density at radius 3 is 2.35 bits per heavy atom. The lowest BCUT2D eigenvalue weighted by atomic mass is 9.94. The number of alkyl carbamates (subject to hydrolysis) is 1. The summed E-state index contributed by atoms with van der Waals surface area (Å²) in [6.07, 6.45) is 0.372. The Morgan fingerprint density at radius 2 is 1.85 bits per heavy atom. The molecule has 0 aliphatic heterocycles. The number of ether oxygens (including phenoxy) is 1. The van der Waals surface area contributed by atoms with E-state index in [0.717, 1.165) is 10.9 Å². The Labute approximate surface area is 130 Å². The van der Waals surface area contributed by atoms with Gasteiger partial charge in [0.1, 0.15) is 5.60 Å². The summed E-state index contributed by atoms with van der Waals surface area (Å²) < 4.78 is 6.39. The van der Waals surface area contributed by atoms with E-state index in [1.807, 2.05) is 40.7 Å². The lowest BCUT2D eigenvalue weighted by Crippen LogP contribution is -2.47. The van der Waals surface area contributed by atoms with Crippen molar-refractivity contribution < 1.29 is 9.53 Å². The Hall–Kier alpha value is -1.03. The van der Waals surface area contributed by atoms with Gasteiger partial charge in [0.05, 0.1) is 0 Å². The molecule has 1 N–H and O–H groups in total. The summed E-state index contributed by atoms with van der Waals surface area (Å²) in [4.78, 5) is 11.8. The zero-order valence-corrected chi connectivity index (χ0v) is 14.7. The van der Waals surface area contributed by atoms with Crippen LogP contribution in [0.4, 0.5) is 4.79 Å². The van der Waals surface area contributed by atoms with Crippen molar-refractivity contribution in [3.05, 3.63) is 33.8 Å². The minimum absolute atomic E-state index is 0.359. The van der Waals surface area contributed by atoms with Crippen LogP contribution < -0.4 is 5.32 Å². The minimum atomic E-state index is -0.478. The van der Waals surface area contributed by atoms with Crippen molar-refractivity contribution >= 4 is 22.0 Å². The summed E-state index contributed by atoms with van der Waals surface area (Å²) in [5, 5.41) is 2.92. The number of carbonyl (C=O) groups is 1. The standard InChI is InChI=1S/C16H24BrNO2/c1-11-9-12(7-8-13(11)17)10-16(5,6)18-14(19)20-15(2,3)4/h7-9H,10H2,1-6H3,(H,18,19). The molecule has 0 bridgehead atoms. The fourth-order valence-electron chi connectivity index (χ4n) is 1.95. The summed E-state index contributed by atoms with van der Waals surface area (Å²) >= 11 is 3.49. The second-order valence-electron chi connectivity index (χ2n) is 6.77. The first-order valence-corrected chi connectivity index (χ1v) is 7.54. The number of rotatable bonds is 3. The van der Waals surface area contributed by atoms with Crippen molar-refractivity contribution in [1.29, 1.82) is 0 Å². The van der Waals surface area contributed by atoms with Crippen LogP contribution in [0, 0.1) is 6.92 Å². The van der Waals surface area contributed by atoms with Gasteiger partial charge < -0.3 is 10.1 Å². The van der Waals surface area contributed by atoms with Gasteiger partial charge in [0.15, 0.2) is 0 Å².